The predicted octanol–water partition coefficient (Wildman–Crippen LogP) is 1.72. The third-order valence-corrected chi connectivity index (χ3v) is 4.16. The molecule has 1 aromatic carbocycles. The Balaban J connectivity index is 1.55. The van der Waals surface area contributed by atoms with Crippen LogP contribution in [0.3, 0.4) is 0 Å². The maximum Gasteiger partial charge on any atom is 0.0605 e. The van der Waals surface area contributed by atoms with Gasteiger partial charge in [0.05, 0.1) is 6.54 Å². The van der Waals surface area contributed by atoms with Crippen molar-refractivity contribution >= 4 is 0 Å². The summed E-state index contributed by atoms with van der Waals surface area (Å²) in [7, 11) is 0. The van der Waals surface area contributed by atoms with E-state index in [9.17, 15) is 0 Å². The van der Waals surface area contributed by atoms with Crippen LogP contribution in [-0.2, 0) is 0 Å². The Morgan fingerprint density at radius 3 is 2.89 bits per heavy atom. The Hall–Kier alpha value is -1.30. The van der Waals surface area contributed by atoms with Gasteiger partial charge >= 0.3 is 0 Å². The van der Waals surface area contributed by atoms with Crippen LogP contribution in [0.5, 0.6) is 0 Å². The Morgan fingerprint density at radius 1 is 1.22 bits per heavy atom. The van der Waals surface area contributed by atoms with Crippen molar-refractivity contribution in [3.05, 3.63) is 35.9 Å². The number of hydrogen-bond acceptors (Lipinski definition) is 2. The normalized spacial score (nSPS) is 27.3. The van der Waals surface area contributed by atoms with E-state index in [-0.39, 0.29) is 0 Å². The Kier molecular flexibility index (Phi) is 3.36. The third-order valence-electron chi connectivity index (χ3n) is 4.16. The maximum atomic E-state index is 3.49. The smallest absolute Gasteiger partial charge is 0.0605 e. The van der Waals surface area contributed by atoms with Gasteiger partial charge in [-0.1, -0.05) is 30.0 Å². The number of nitrogens with one attached hydrogen (secondary N) is 1. The van der Waals surface area contributed by atoms with E-state index in [0.717, 1.165) is 12.1 Å². The van der Waals surface area contributed by atoms with Crippen LogP contribution < -0.4 is 5.32 Å². The summed E-state index contributed by atoms with van der Waals surface area (Å²) in [6, 6.07) is 10.2. The molecule has 2 saturated heterocycles. The molecule has 1 spiro atoms. The number of benzene rings is 1. The van der Waals surface area contributed by atoms with Gasteiger partial charge in [0.15, 0.2) is 0 Å². The number of nitrogens with zero attached hydrogens (tertiary/aromatic N) is 1. The van der Waals surface area contributed by atoms with E-state index in [1.54, 1.807) is 0 Å². The van der Waals surface area contributed by atoms with Crippen molar-refractivity contribution in [1.82, 2.24) is 10.2 Å². The van der Waals surface area contributed by atoms with Crippen molar-refractivity contribution in [3.63, 3.8) is 0 Å². The number of likely N-dealkylation sites (tertiary alicyclic amines) is 1. The molecule has 2 heteroatoms. The summed E-state index contributed by atoms with van der Waals surface area (Å²) in [5, 5.41) is 3.49. The lowest BCUT2D eigenvalue weighted by Crippen LogP contribution is -2.29. The molecule has 2 fully saturated rings. The van der Waals surface area contributed by atoms with Gasteiger partial charge in [-0.25, -0.2) is 0 Å². The lowest BCUT2D eigenvalue weighted by molar-refractivity contribution is 0.295. The number of hydrogen-bond donors (Lipinski definition) is 1. The number of rotatable bonds is 1. The molecule has 1 aromatic rings. The lowest BCUT2D eigenvalue weighted by Gasteiger charge is -2.21. The fourth-order valence-electron chi connectivity index (χ4n) is 3.08. The van der Waals surface area contributed by atoms with Crippen molar-refractivity contribution in [1.29, 1.82) is 0 Å². The van der Waals surface area contributed by atoms with Gasteiger partial charge in [0, 0.05) is 18.7 Å². The second kappa shape index (κ2) is 5.14. The molecule has 2 aliphatic heterocycles. The van der Waals surface area contributed by atoms with Crippen molar-refractivity contribution in [2.45, 2.75) is 12.8 Å². The van der Waals surface area contributed by atoms with E-state index >= 15 is 0 Å². The van der Waals surface area contributed by atoms with E-state index in [2.05, 4.69) is 34.2 Å². The molecule has 94 valence electrons. The Bertz CT molecular complexity index is 449. The zero-order valence-corrected chi connectivity index (χ0v) is 10.8. The summed E-state index contributed by atoms with van der Waals surface area (Å²) < 4.78 is 0. The van der Waals surface area contributed by atoms with Crippen molar-refractivity contribution in [2.75, 3.05) is 32.7 Å². The molecule has 0 amide bonds. The molecule has 1 unspecified atom stereocenters. The van der Waals surface area contributed by atoms with Crippen LogP contribution >= 0.6 is 0 Å². The highest BCUT2D eigenvalue weighted by Gasteiger charge is 2.39. The second-order valence-corrected chi connectivity index (χ2v) is 5.56. The van der Waals surface area contributed by atoms with Crippen LogP contribution in [0.1, 0.15) is 18.4 Å². The topological polar surface area (TPSA) is 15.3 Å². The van der Waals surface area contributed by atoms with Gasteiger partial charge in [0.2, 0.25) is 0 Å². The SMILES string of the molecule is C(#Cc1ccccc1)CN1CCC2(CCNC2)C1. The van der Waals surface area contributed by atoms with Crippen LogP contribution in [0.4, 0.5) is 0 Å². The molecule has 2 heterocycles. The Labute approximate surface area is 109 Å². The average molecular weight is 240 g/mol. The first-order chi connectivity index (χ1) is 8.86. The largest absolute Gasteiger partial charge is 0.316 e. The molecule has 1 N–H and O–H groups in total. The molecule has 0 aliphatic carbocycles. The zero-order chi connectivity index (χ0) is 12.3. The van der Waals surface area contributed by atoms with Gasteiger partial charge in [0.1, 0.15) is 0 Å². The molecule has 1 atom stereocenters. The van der Waals surface area contributed by atoms with E-state index in [1.807, 2.05) is 18.2 Å². The summed E-state index contributed by atoms with van der Waals surface area (Å²) in [6.45, 7) is 5.75. The highest BCUT2D eigenvalue weighted by atomic mass is 15.2. The molecule has 0 aromatic heterocycles. The summed E-state index contributed by atoms with van der Waals surface area (Å²) in [4.78, 5) is 2.50. The van der Waals surface area contributed by atoms with Crippen LogP contribution in [-0.4, -0.2) is 37.6 Å². The molecule has 0 bridgehead atoms. The van der Waals surface area contributed by atoms with Crippen LogP contribution in [0.25, 0.3) is 0 Å². The van der Waals surface area contributed by atoms with Gasteiger partial charge in [-0.2, -0.15) is 0 Å². The highest BCUT2D eigenvalue weighted by Crippen LogP contribution is 2.35. The van der Waals surface area contributed by atoms with Gasteiger partial charge in [-0.05, 0) is 43.5 Å². The molecular formula is C16H20N2. The van der Waals surface area contributed by atoms with Gasteiger partial charge in [-0.15, -0.1) is 0 Å². The molecule has 2 aliphatic rings. The van der Waals surface area contributed by atoms with Crippen molar-refractivity contribution in [2.24, 2.45) is 5.41 Å². The molecular weight excluding hydrogens is 220 g/mol. The van der Waals surface area contributed by atoms with E-state index < -0.39 is 0 Å². The monoisotopic (exact) mass is 240 g/mol. The predicted molar refractivity (Wildman–Crippen MR) is 74.3 cm³/mol. The van der Waals surface area contributed by atoms with Crippen LogP contribution in [0, 0.1) is 17.3 Å². The summed E-state index contributed by atoms with van der Waals surface area (Å²) in [6.07, 6.45) is 2.68. The summed E-state index contributed by atoms with van der Waals surface area (Å²) in [5.74, 6) is 6.55. The van der Waals surface area contributed by atoms with E-state index in [4.69, 9.17) is 0 Å². The lowest BCUT2D eigenvalue weighted by atomic mass is 9.87. The molecule has 3 rings (SSSR count). The molecule has 2 nitrogen and oxygen atoms in total. The fourth-order valence-corrected chi connectivity index (χ4v) is 3.08. The van der Waals surface area contributed by atoms with E-state index in [1.165, 1.54) is 39.0 Å². The first-order valence-corrected chi connectivity index (χ1v) is 6.83. The minimum atomic E-state index is 0.564. The first-order valence-electron chi connectivity index (χ1n) is 6.83. The summed E-state index contributed by atoms with van der Waals surface area (Å²) in [5.41, 5.74) is 1.68. The van der Waals surface area contributed by atoms with E-state index in [0.29, 0.717) is 5.41 Å². The first kappa shape index (κ1) is 11.8. The van der Waals surface area contributed by atoms with Crippen LogP contribution in [0.2, 0.25) is 0 Å². The fraction of sp³-hybridized carbons (Fsp3) is 0.500. The minimum Gasteiger partial charge on any atom is -0.316 e. The third kappa shape index (κ3) is 2.58. The van der Waals surface area contributed by atoms with Crippen LogP contribution in [0.15, 0.2) is 30.3 Å². The van der Waals surface area contributed by atoms with Crippen molar-refractivity contribution < 1.29 is 0 Å². The summed E-state index contributed by atoms with van der Waals surface area (Å²) >= 11 is 0. The quantitative estimate of drug-likeness (QED) is 0.752. The second-order valence-electron chi connectivity index (χ2n) is 5.56. The highest BCUT2D eigenvalue weighted by molar-refractivity contribution is 5.33. The molecule has 18 heavy (non-hydrogen) atoms. The van der Waals surface area contributed by atoms with Gasteiger partial charge < -0.3 is 5.32 Å². The maximum absolute atomic E-state index is 3.49. The molecule has 0 radical (unpaired) electrons. The zero-order valence-electron chi connectivity index (χ0n) is 10.8. The van der Waals surface area contributed by atoms with Gasteiger partial charge in [-0.3, -0.25) is 4.90 Å². The average Bonchev–Trinajstić information content (AvgIpc) is 3.02. The van der Waals surface area contributed by atoms with Crippen molar-refractivity contribution in [3.8, 4) is 11.8 Å². The Morgan fingerprint density at radius 2 is 2.11 bits per heavy atom. The molecule has 0 saturated carbocycles. The standard InChI is InChI=1S/C16H20N2/c1-2-5-15(6-3-1)7-4-11-18-12-9-16(14-18)8-10-17-13-16/h1-3,5-6,17H,8-14H2. The van der Waals surface area contributed by atoms with Gasteiger partial charge in [0.25, 0.3) is 0 Å². The minimum absolute atomic E-state index is 0.564.